The molecule has 0 aliphatic carbocycles. The number of rotatable bonds is 2. The molecule has 0 aliphatic heterocycles. The highest BCUT2D eigenvalue weighted by atomic mass is 15.0. The zero-order valence-electron chi connectivity index (χ0n) is 9.20. The fraction of sp³-hybridized carbons (Fsp3) is 0.333. The highest BCUT2D eigenvalue weighted by molar-refractivity contribution is 5.91. The van der Waals surface area contributed by atoms with Crippen molar-refractivity contribution in [3.8, 4) is 0 Å². The monoisotopic (exact) mass is 203 g/mol. The van der Waals surface area contributed by atoms with Gasteiger partial charge in [0.15, 0.2) is 0 Å². The normalized spacial score (nSPS) is 12.2. The van der Waals surface area contributed by atoms with Crippen molar-refractivity contribution in [2.45, 2.75) is 25.9 Å². The second-order valence-corrected chi connectivity index (χ2v) is 4.71. The third kappa shape index (κ3) is 1.97. The van der Waals surface area contributed by atoms with Crippen LogP contribution in [0.2, 0.25) is 0 Å². The lowest BCUT2D eigenvalue weighted by Gasteiger charge is -2.20. The van der Waals surface area contributed by atoms with Crippen LogP contribution in [0.4, 0.5) is 5.69 Å². The number of aromatic nitrogens is 1. The van der Waals surface area contributed by atoms with Crippen molar-refractivity contribution < 1.29 is 0 Å². The zero-order valence-corrected chi connectivity index (χ0v) is 9.20. The van der Waals surface area contributed by atoms with Gasteiger partial charge in [-0.05, 0) is 32.0 Å². The molecule has 2 rings (SSSR count). The maximum absolute atomic E-state index is 6.00. The minimum atomic E-state index is -0.212. The topological polar surface area (TPSA) is 57.0 Å². The van der Waals surface area contributed by atoms with Gasteiger partial charge in [0, 0.05) is 29.4 Å². The van der Waals surface area contributed by atoms with E-state index in [0.717, 1.165) is 23.1 Å². The molecule has 0 spiro atoms. The summed E-state index contributed by atoms with van der Waals surface area (Å²) in [6.07, 6.45) is 2.04. The van der Waals surface area contributed by atoms with Gasteiger partial charge in [-0.3, -0.25) is 0 Å². The van der Waals surface area contributed by atoms with Crippen molar-refractivity contribution in [1.29, 1.82) is 0 Å². The molecule has 0 saturated carbocycles. The van der Waals surface area contributed by atoms with Crippen molar-refractivity contribution >= 4 is 16.6 Å². The molecule has 0 atom stereocenters. The molecule has 2 aromatic rings. The molecular formula is C12H17N3. The van der Waals surface area contributed by atoms with Gasteiger partial charge in [0.25, 0.3) is 0 Å². The molecule has 0 fully saturated rings. The lowest BCUT2D eigenvalue weighted by Crippen LogP contribution is -2.36. The van der Waals surface area contributed by atoms with Crippen LogP contribution < -0.4 is 11.5 Å². The molecule has 4 N–H and O–H groups in total. The summed E-state index contributed by atoms with van der Waals surface area (Å²) >= 11 is 0. The molecule has 0 saturated heterocycles. The average Bonchev–Trinajstić information content (AvgIpc) is 2.48. The molecule has 15 heavy (non-hydrogen) atoms. The number of nitrogens with two attached hydrogens (primary N) is 2. The van der Waals surface area contributed by atoms with Crippen LogP contribution in [0.25, 0.3) is 10.9 Å². The van der Waals surface area contributed by atoms with Gasteiger partial charge >= 0.3 is 0 Å². The summed E-state index contributed by atoms with van der Waals surface area (Å²) in [5, 5.41) is 1.10. The predicted octanol–water partition coefficient (Wildman–Crippen LogP) is 1.96. The summed E-state index contributed by atoms with van der Waals surface area (Å²) < 4.78 is 2.14. The number of fused-ring (bicyclic) bond motifs is 1. The Hall–Kier alpha value is -1.48. The summed E-state index contributed by atoms with van der Waals surface area (Å²) in [5.74, 6) is 0. The molecular weight excluding hydrogens is 186 g/mol. The first kappa shape index (κ1) is 10.1. The number of nitrogens with zero attached hydrogens (tertiary/aromatic N) is 1. The van der Waals surface area contributed by atoms with Gasteiger partial charge in [0.2, 0.25) is 0 Å². The Labute approximate surface area is 89.7 Å². The van der Waals surface area contributed by atoms with Crippen LogP contribution in [0, 0.1) is 0 Å². The minimum absolute atomic E-state index is 0.212. The van der Waals surface area contributed by atoms with E-state index in [0.29, 0.717) is 0 Å². The van der Waals surface area contributed by atoms with E-state index < -0.39 is 0 Å². The SMILES string of the molecule is CC(C)(N)Cn1ccc2c(N)cccc21. The molecule has 1 aromatic carbocycles. The maximum atomic E-state index is 6.00. The van der Waals surface area contributed by atoms with Crippen molar-refractivity contribution in [2.24, 2.45) is 5.73 Å². The van der Waals surface area contributed by atoms with Crippen LogP contribution in [-0.2, 0) is 6.54 Å². The third-order valence-electron chi connectivity index (χ3n) is 2.43. The van der Waals surface area contributed by atoms with E-state index in [1.165, 1.54) is 0 Å². The van der Waals surface area contributed by atoms with E-state index in [1.54, 1.807) is 0 Å². The van der Waals surface area contributed by atoms with Crippen molar-refractivity contribution in [3.05, 3.63) is 30.5 Å². The van der Waals surface area contributed by atoms with Crippen molar-refractivity contribution in [3.63, 3.8) is 0 Å². The smallest absolute Gasteiger partial charge is 0.0501 e. The average molecular weight is 203 g/mol. The van der Waals surface area contributed by atoms with E-state index in [-0.39, 0.29) is 5.54 Å². The lowest BCUT2D eigenvalue weighted by atomic mass is 10.1. The van der Waals surface area contributed by atoms with E-state index in [9.17, 15) is 0 Å². The fourth-order valence-electron chi connectivity index (χ4n) is 1.82. The van der Waals surface area contributed by atoms with Gasteiger partial charge in [-0.2, -0.15) is 0 Å². The number of nitrogen functional groups attached to an aromatic ring is 1. The van der Waals surface area contributed by atoms with E-state index in [4.69, 9.17) is 11.5 Å². The van der Waals surface area contributed by atoms with Gasteiger partial charge in [-0.15, -0.1) is 0 Å². The molecule has 1 heterocycles. The fourth-order valence-corrected chi connectivity index (χ4v) is 1.82. The van der Waals surface area contributed by atoms with Gasteiger partial charge in [0.05, 0.1) is 5.52 Å². The number of anilines is 1. The summed E-state index contributed by atoms with van der Waals surface area (Å²) in [6, 6.07) is 7.99. The zero-order chi connectivity index (χ0) is 11.1. The van der Waals surface area contributed by atoms with Crippen molar-refractivity contribution in [2.75, 3.05) is 5.73 Å². The molecule has 3 heteroatoms. The molecule has 0 unspecified atom stereocenters. The Bertz CT molecular complexity index is 477. The number of hydrogen-bond donors (Lipinski definition) is 2. The Balaban J connectivity index is 2.50. The minimum Gasteiger partial charge on any atom is -0.398 e. The van der Waals surface area contributed by atoms with Gasteiger partial charge < -0.3 is 16.0 Å². The van der Waals surface area contributed by atoms with E-state index >= 15 is 0 Å². The first-order valence-corrected chi connectivity index (χ1v) is 5.09. The standard InChI is InChI=1S/C12H17N3/c1-12(2,14)8-15-7-6-9-10(13)4-3-5-11(9)15/h3-7H,8,13-14H2,1-2H3. The largest absolute Gasteiger partial charge is 0.398 e. The number of hydrogen-bond acceptors (Lipinski definition) is 2. The Morgan fingerprint density at radius 1 is 1.27 bits per heavy atom. The van der Waals surface area contributed by atoms with Crippen LogP contribution in [0.1, 0.15) is 13.8 Å². The summed E-state index contributed by atoms with van der Waals surface area (Å²) in [4.78, 5) is 0. The first-order chi connectivity index (χ1) is 6.97. The van der Waals surface area contributed by atoms with Crippen molar-refractivity contribution in [1.82, 2.24) is 4.57 Å². The van der Waals surface area contributed by atoms with Gasteiger partial charge in [-0.25, -0.2) is 0 Å². The second kappa shape index (κ2) is 3.28. The van der Waals surface area contributed by atoms with Gasteiger partial charge in [0.1, 0.15) is 0 Å². The van der Waals surface area contributed by atoms with Crippen LogP contribution in [0.3, 0.4) is 0 Å². The summed E-state index contributed by atoms with van der Waals surface area (Å²) in [6.45, 7) is 4.83. The molecule has 0 bridgehead atoms. The molecule has 80 valence electrons. The quantitative estimate of drug-likeness (QED) is 0.733. The van der Waals surface area contributed by atoms with Crippen LogP contribution in [0.5, 0.6) is 0 Å². The molecule has 0 radical (unpaired) electrons. The third-order valence-corrected chi connectivity index (χ3v) is 2.43. The van der Waals surface area contributed by atoms with E-state index in [1.807, 2.05) is 38.2 Å². The number of benzene rings is 1. The van der Waals surface area contributed by atoms with Crippen LogP contribution >= 0.6 is 0 Å². The summed E-state index contributed by atoms with van der Waals surface area (Å²) in [5.41, 5.74) is 13.6. The Morgan fingerprint density at radius 3 is 2.67 bits per heavy atom. The highest BCUT2D eigenvalue weighted by Crippen LogP contribution is 2.22. The Kier molecular flexibility index (Phi) is 2.20. The molecule has 0 aliphatic rings. The summed E-state index contributed by atoms with van der Waals surface area (Å²) in [7, 11) is 0. The molecule has 1 aromatic heterocycles. The van der Waals surface area contributed by atoms with E-state index in [2.05, 4.69) is 10.6 Å². The highest BCUT2D eigenvalue weighted by Gasteiger charge is 2.13. The molecule has 0 amide bonds. The predicted molar refractivity (Wildman–Crippen MR) is 64.6 cm³/mol. The lowest BCUT2D eigenvalue weighted by molar-refractivity contribution is 0.441. The van der Waals surface area contributed by atoms with Gasteiger partial charge in [-0.1, -0.05) is 6.07 Å². The second-order valence-electron chi connectivity index (χ2n) is 4.71. The van der Waals surface area contributed by atoms with Crippen LogP contribution in [-0.4, -0.2) is 10.1 Å². The van der Waals surface area contributed by atoms with Crippen LogP contribution in [0.15, 0.2) is 30.5 Å². The Morgan fingerprint density at radius 2 is 2.00 bits per heavy atom. The maximum Gasteiger partial charge on any atom is 0.0501 e. The first-order valence-electron chi connectivity index (χ1n) is 5.09. The molecule has 3 nitrogen and oxygen atoms in total.